The van der Waals surface area contributed by atoms with Crippen molar-refractivity contribution in [3.8, 4) is 5.75 Å². The van der Waals surface area contributed by atoms with E-state index < -0.39 is 28.5 Å². The summed E-state index contributed by atoms with van der Waals surface area (Å²) in [4.78, 5) is 28.5. The van der Waals surface area contributed by atoms with Crippen molar-refractivity contribution in [2.24, 2.45) is 0 Å². The summed E-state index contributed by atoms with van der Waals surface area (Å²) in [6.45, 7) is 9.46. The molecule has 1 N–H and O–H groups in total. The number of aryl methyl sites for hydroxylation is 1. The molecule has 214 valence electrons. The number of hydrogen-bond donors (Lipinski definition) is 1. The van der Waals surface area contributed by atoms with Crippen molar-refractivity contribution in [1.29, 1.82) is 0 Å². The van der Waals surface area contributed by atoms with Crippen molar-refractivity contribution < 1.29 is 22.7 Å². The largest absolute Gasteiger partial charge is 0.494 e. The maximum atomic E-state index is 14.0. The lowest BCUT2D eigenvalue weighted by atomic mass is 10.1. The van der Waals surface area contributed by atoms with Crippen LogP contribution in [-0.4, -0.2) is 50.4 Å². The van der Waals surface area contributed by atoms with Crippen LogP contribution >= 0.6 is 0 Å². The molecule has 3 aromatic carbocycles. The number of carbonyl (C=O) groups is 2. The zero-order valence-corrected chi connectivity index (χ0v) is 24.6. The monoisotopic (exact) mass is 565 g/mol. The second-order valence-corrected chi connectivity index (χ2v) is 11.6. The van der Waals surface area contributed by atoms with E-state index in [0.29, 0.717) is 18.0 Å². The normalized spacial score (nSPS) is 12.7. The highest BCUT2D eigenvalue weighted by Crippen LogP contribution is 2.26. The Morgan fingerprint density at radius 3 is 2.20 bits per heavy atom. The summed E-state index contributed by atoms with van der Waals surface area (Å²) in [5.74, 6) is -0.239. The van der Waals surface area contributed by atoms with Gasteiger partial charge in [0.1, 0.15) is 18.3 Å². The number of ether oxygens (including phenoxy) is 1. The summed E-state index contributed by atoms with van der Waals surface area (Å²) in [5, 5.41) is 2.94. The third-order valence-corrected chi connectivity index (χ3v) is 8.44. The van der Waals surface area contributed by atoms with E-state index >= 15 is 0 Å². The molecule has 40 heavy (non-hydrogen) atoms. The first-order valence-corrected chi connectivity index (χ1v) is 15.0. The number of benzene rings is 3. The molecule has 0 radical (unpaired) electrons. The van der Waals surface area contributed by atoms with Gasteiger partial charge < -0.3 is 15.0 Å². The van der Waals surface area contributed by atoms with Crippen LogP contribution in [0.15, 0.2) is 83.8 Å². The molecule has 0 aliphatic carbocycles. The number of nitrogens with zero attached hydrogens (tertiary/aromatic N) is 2. The molecular weight excluding hydrogens is 526 g/mol. The van der Waals surface area contributed by atoms with Gasteiger partial charge in [0.2, 0.25) is 11.8 Å². The molecule has 2 amide bonds. The molecular formula is C31H39N3O5S. The number of amides is 2. The van der Waals surface area contributed by atoms with E-state index in [-0.39, 0.29) is 23.4 Å². The molecule has 9 heteroatoms. The quantitative estimate of drug-likeness (QED) is 0.317. The summed E-state index contributed by atoms with van der Waals surface area (Å²) in [5.41, 5.74) is 2.21. The standard InChI is InChI=1S/C31H39N3O5S/c1-6-24(4)32-31(36)25(5)33(21-26-13-11-12-23(3)20-26)30(35)22-34(27-14-9-8-10-15-27)40(37,38)29-18-16-28(17-19-29)39-7-2/h8-20,24-25H,6-7,21-22H2,1-5H3,(H,32,36)/t24-,25+/m0/s1. The molecule has 8 nitrogen and oxygen atoms in total. The highest BCUT2D eigenvalue weighted by Gasteiger charge is 2.32. The maximum Gasteiger partial charge on any atom is 0.264 e. The van der Waals surface area contributed by atoms with Crippen molar-refractivity contribution in [3.63, 3.8) is 0 Å². The van der Waals surface area contributed by atoms with Crippen LogP contribution in [0, 0.1) is 6.92 Å². The van der Waals surface area contributed by atoms with Crippen molar-refractivity contribution in [3.05, 3.63) is 90.0 Å². The Balaban J connectivity index is 1.99. The lowest BCUT2D eigenvalue weighted by molar-refractivity contribution is -0.139. The van der Waals surface area contributed by atoms with E-state index in [9.17, 15) is 18.0 Å². The van der Waals surface area contributed by atoms with E-state index in [1.807, 2.05) is 52.0 Å². The fraction of sp³-hybridized carbons (Fsp3) is 0.355. The molecule has 3 rings (SSSR count). The van der Waals surface area contributed by atoms with E-state index in [1.165, 1.54) is 17.0 Å². The first kappa shape index (κ1) is 30.7. The Bertz CT molecular complexity index is 1380. The fourth-order valence-electron chi connectivity index (χ4n) is 4.18. The van der Waals surface area contributed by atoms with Gasteiger partial charge in [-0.25, -0.2) is 8.42 Å². The van der Waals surface area contributed by atoms with Gasteiger partial charge in [-0.15, -0.1) is 0 Å². The van der Waals surface area contributed by atoms with Gasteiger partial charge in [-0.05, 0) is 76.1 Å². The number of nitrogens with one attached hydrogen (secondary N) is 1. The van der Waals surface area contributed by atoms with E-state index in [1.54, 1.807) is 49.4 Å². The average molecular weight is 566 g/mol. The van der Waals surface area contributed by atoms with Gasteiger partial charge in [-0.1, -0.05) is 55.0 Å². The highest BCUT2D eigenvalue weighted by atomic mass is 32.2. The molecule has 0 unspecified atom stereocenters. The summed E-state index contributed by atoms with van der Waals surface area (Å²) in [6.07, 6.45) is 0.742. The topological polar surface area (TPSA) is 96.0 Å². The van der Waals surface area contributed by atoms with Crippen LogP contribution in [0.3, 0.4) is 0 Å². The van der Waals surface area contributed by atoms with E-state index in [2.05, 4.69) is 5.32 Å². The summed E-state index contributed by atoms with van der Waals surface area (Å²) in [6, 6.07) is 21.4. The summed E-state index contributed by atoms with van der Waals surface area (Å²) in [7, 11) is -4.13. The number of para-hydroxylation sites is 1. The Morgan fingerprint density at radius 2 is 1.60 bits per heavy atom. The van der Waals surface area contributed by atoms with Gasteiger partial charge in [-0.2, -0.15) is 0 Å². The van der Waals surface area contributed by atoms with Gasteiger partial charge in [0, 0.05) is 12.6 Å². The van der Waals surface area contributed by atoms with Gasteiger partial charge in [-0.3, -0.25) is 13.9 Å². The first-order chi connectivity index (χ1) is 19.1. The third-order valence-electron chi connectivity index (χ3n) is 6.65. The Hall–Kier alpha value is -3.85. The summed E-state index contributed by atoms with van der Waals surface area (Å²) >= 11 is 0. The van der Waals surface area contributed by atoms with Crippen molar-refractivity contribution in [2.75, 3.05) is 17.5 Å². The molecule has 0 bridgehead atoms. The first-order valence-electron chi connectivity index (χ1n) is 13.5. The second kappa shape index (κ2) is 14.0. The molecule has 0 fully saturated rings. The molecule has 0 aliphatic heterocycles. The van der Waals surface area contributed by atoms with Crippen molar-refractivity contribution in [2.45, 2.75) is 64.6 Å². The predicted molar refractivity (Wildman–Crippen MR) is 158 cm³/mol. The van der Waals surface area contributed by atoms with Crippen LogP contribution in [0.5, 0.6) is 5.75 Å². The smallest absolute Gasteiger partial charge is 0.264 e. The SMILES string of the molecule is CCOc1ccc(S(=O)(=O)N(CC(=O)N(Cc2cccc(C)c2)[C@H](C)C(=O)N[C@@H](C)CC)c2ccccc2)cc1. The number of anilines is 1. The Labute approximate surface area is 238 Å². The molecule has 0 aliphatic rings. The van der Waals surface area contributed by atoms with Crippen LogP contribution in [0.1, 0.15) is 45.2 Å². The third kappa shape index (κ3) is 7.85. The lowest BCUT2D eigenvalue weighted by Crippen LogP contribution is -2.52. The summed E-state index contributed by atoms with van der Waals surface area (Å²) < 4.78 is 34.3. The average Bonchev–Trinajstić information content (AvgIpc) is 2.95. The number of sulfonamides is 1. The molecule has 0 saturated heterocycles. The van der Waals surface area contributed by atoms with Crippen LogP contribution in [0.2, 0.25) is 0 Å². The Kier molecular flexibility index (Phi) is 10.7. The van der Waals surface area contributed by atoms with E-state index in [4.69, 9.17) is 4.74 Å². The van der Waals surface area contributed by atoms with Crippen LogP contribution in [0.4, 0.5) is 5.69 Å². The molecule has 3 aromatic rings. The van der Waals surface area contributed by atoms with Crippen LogP contribution in [0.25, 0.3) is 0 Å². The number of rotatable bonds is 13. The van der Waals surface area contributed by atoms with Gasteiger partial charge in [0.05, 0.1) is 17.2 Å². The van der Waals surface area contributed by atoms with Crippen LogP contribution < -0.4 is 14.4 Å². The zero-order valence-electron chi connectivity index (χ0n) is 23.8. The van der Waals surface area contributed by atoms with Crippen molar-refractivity contribution >= 4 is 27.5 Å². The fourth-order valence-corrected chi connectivity index (χ4v) is 5.59. The second-order valence-electron chi connectivity index (χ2n) is 9.76. The van der Waals surface area contributed by atoms with Gasteiger partial charge in [0.15, 0.2) is 0 Å². The van der Waals surface area contributed by atoms with Gasteiger partial charge >= 0.3 is 0 Å². The minimum absolute atomic E-state index is 0.0282. The minimum Gasteiger partial charge on any atom is -0.494 e. The predicted octanol–water partition coefficient (Wildman–Crippen LogP) is 4.92. The molecule has 0 heterocycles. The van der Waals surface area contributed by atoms with Gasteiger partial charge in [0.25, 0.3) is 10.0 Å². The maximum absolute atomic E-state index is 14.0. The van der Waals surface area contributed by atoms with E-state index in [0.717, 1.165) is 21.9 Å². The lowest BCUT2D eigenvalue weighted by Gasteiger charge is -2.32. The molecule has 0 spiro atoms. The molecule has 0 saturated carbocycles. The number of hydrogen-bond acceptors (Lipinski definition) is 5. The Morgan fingerprint density at radius 1 is 0.925 bits per heavy atom. The zero-order chi connectivity index (χ0) is 29.3. The minimum atomic E-state index is -4.13. The molecule has 0 aromatic heterocycles. The molecule has 2 atom stereocenters. The number of carbonyl (C=O) groups excluding carboxylic acids is 2. The van der Waals surface area contributed by atoms with Crippen LogP contribution in [-0.2, 0) is 26.2 Å². The van der Waals surface area contributed by atoms with Crippen molar-refractivity contribution in [1.82, 2.24) is 10.2 Å². The highest BCUT2D eigenvalue weighted by molar-refractivity contribution is 7.92.